The molecular formula is C26H30N2O3. The number of hydrogen-bond donors (Lipinski definition) is 1. The maximum absolute atomic E-state index is 12.5. The first kappa shape index (κ1) is 22.5. The predicted octanol–water partition coefficient (Wildman–Crippen LogP) is 5.69. The molecule has 1 heterocycles. The van der Waals surface area contributed by atoms with Gasteiger partial charge >= 0.3 is 0 Å². The van der Waals surface area contributed by atoms with Crippen LogP contribution in [-0.2, 0) is 16.1 Å². The molecule has 0 aliphatic heterocycles. The van der Waals surface area contributed by atoms with Crippen LogP contribution in [0.2, 0.25) is 0 Å². The third-order valence-corrected chi connectivity index (χ3v) is 5.31. The highest BCUT2D eigenvalue weighted by Crippen LogP contribution is 2.30. The van der Waals surface area contributed by atoms with Crippen molar-refractivity contribution in [2.45, 2.75) is 46.8 Å². The molecule has 1 aromatic heterocycles. The smallest absolute Gasteiger partial charge is 0.251 e. The molecule has 2 aromatic carbocycles. The van der Waals surface area contributed by atoms with Crippen molar-refractivity contribution in [3.8, 4) is 5.75 Å². The van der Waals surface area contributed by atoms with E-state index < -0.39 is 0 Å². The van der Waals surface area contributed by atoms with Gasteiger partial charge in [-0.2, -0.15) is 0 Å². The first-order valence-electron chi connectivity index (χ1n) is 10.6. The highest BCUT2D eigenvalue weighted by atomic mass is 16.5. The number of hydrogen-bond acceptors (Lipinski definition) is 4. The maximum atomic E-state index is 12.5. The Morgan fingerprint density at radius 3 is 2.26 bits per heavy atom. The molecule has 0 spiro atoms. The summed E-state index contributed by atoms with van der Waals surface area (Å²) in [4.78, 5) is 17.1. The van der Waals surface area contributed by atoms with Crippen molar-refractivity contribution in [1.29, 1.82) is 0 Å². The average molecular weight is 419 g/mol. The number of carbonyl (C=O) groups excluding carboxylic acids is 1. The fraction of sp³-hybridized carbons (Fsp3) is 0.308. The molecule has 162 valence electrons. The van der Waals surface area contributed by atoms with Gasteiger partial charge in [-0.3, -0.25) is 4.79 Å². The van der Waals surface area contributed by atoms with Gasteiger partial charge in [-0.15, -0.1) is 0 Å². The molecule has 1 amide bonds. The summed E-state index contributed by atoms with van der Waals surface area (Å²) in [7, 11) is 0. The van der Waals surface area contributed by atoms with E-state index in [-0.39, 0.29) is 18.6 Å². The van der Waals surface area contributed by atoms with E-state index in [0.29, 0.717) is 12.4 Å². The molecule has 0 aliphatic rings. The summed E-state index contributed by atoms with van der Waals surface area (Å²) >= 11 is 0. The Balaban J connectivity index is 1.64. The summed E-state index contributed by atoms with van der Waals surface area (Å²) in [5, 5.41) is 2.89. The van der Waals surface area contributed by atoms with E-state index in [1.165, 1.54) is 0 Å². The second-order valence-electron chi connectivity index (χ2n) is 7.57. The summed E-state index contributed by atoms with van der Waals surface area (Å²) in [5.41, 5.74) is 4.76. The largest absolute Gasteiger partial charge is 0.487 e. The molecule has 5 heteroatoms. The van der Waals surface area contributed by atoms with Crippen LogP contribution in [0.25, 0.3) is 0 Å². The first-order chi connectivity index (χ1) is 15.0. The van der Waals surface area contributed by atoms with Crippen LogP contribution in [0, 0.1) is 20.8 Å². The minimum Gasteiger partial charge on any atom is -0.487 e. The quantitative estimate of drug-likeness (QED) is 0.485. The summed E-state index contributed by atoms with van der Waals surface area (Å²) < 4.78 is 11.9. The predicted molar refractivity (Wildman–Crippen MR) is 123 cm³/mol. The van der Waals surface area contributed by atoms with Crippen LogP contribution in [0.4, 0.5) is 5.82 Å². The van der Waals surface area contributed by atoms with Gasteiger partial charge in [-0.25, -0.2) is 4.98 Å². The molecular weight excluding hydrogens is 388 g/mol. The first-order valence-corrected chi connectivity index (χ1v) is 10.6. The van der Waals surface area contributed by atoms with E-state index >= 15 is 0 Å². The molecule has 0 radical (unpaired) electrons. The molecule has 3 rings (SSSR count). The number of pyridine rings is 1. The highest BCUT2D eigenvalue weighted by Gasteiger charge is 2.17. The lowest BCUT2D eigenvalue weighted by atomic mass is 10.1. The Labute approximate surface area is 184 Å². The van der Waals surface area contributed by atoms with E-state index in [4.69, 9.17) is 9.47 Å². The zero-order valence-corrected chi connectivity index (χ0v) is 18.6. The molecule has 31 heavy (non-hydrogen) atoms. The van der Waals surface area contributed by atoms with Gasteiger partial charge in [0.2, 0.25) is 0 Å². The number of aromatic nitrogens is 1. The summed E-state index contributed by atoms with van der Waals surface area (Å²) in [6.45, 7) is 8.30. The van der Waals surface area contributed by atoms with Crippen LogP contribution in [0.1, 0.15) is 47.4 Å². The van der Waals surface area contributed by atoms with Gasteiger partial charge in [-0.1, -0.05) is 67.6 Å². The van der Waals surface area contributed by atoms with Crippen molar-refractivity contribution in [1.82, 2.24) is 4.98 Å². The van der Waals surface area contributed by atoms with Crippen LogP contribution < -0.4 is 10.1 Å². The van der Waals surface area contributed by atoms with E-state index in [2.05, 4.69) is 10.3 Å². The van der Waals surface area contributed by atoms with Gasteiger partial charge in [-0.05, 0) is 49.4 Å². The number of anilines is 1. The van der Waals surface area contributed by atoms with Crippen molar-refractivity contribution < 1.29 is 14.3 Å². The van der Waals surface area contributed by atoms with Crippen LogP contribution in [0.15, 0.2) is 60.7 Å². The number of amides is 1. The fourth-order valence-corrected chi connectivity index (χ4v) is 3.45. The lowest BCUT2D eigenvalue weighted by Crippen LogP contribution is -2.21. The number of rotatable bonds is 9. The van der Waals surface area contributed by atoms with E-state index in [0.717, 1.165) is 40.1 Å². The Morgan fingerprint density at radius 1 is 0.968 bits per heavy atom. The normalized spacial score (nSPS) is 11.7. The number of aryl methyl sites for hydroxylation is 1. The average Bonchev–Trinajstić information content (AvgIpc) is 2.79. The van der Waals surface area contributed by atoms with E-state index in [1.54, 1.807) is 0 Å². The van der Waals surface area contributed by atoms with Crippen molar-refractivity contribution in [2.24, 2.45) is 0 Å². The maximum Gasteiger partial charge on any atom is 0.251 e. The molecule has 3 aromatic rings. The SMILES string of the molecule is CCC(OCC(=O)Nc1nc(C)c(OCc2ccccc2)c(C)c1C)c1ccccc1. The molecule has 0 fully saturated rings. The van der Waals surface area contributed by atoms with Crippen molar-refractivity contribution >= 4 is 11.7 Å². The third kappa shape index (κ3) is 5.92. The summed E-state index contributed by atoms with van der Waals surface area (Å²) in [5.74, 6) is 1.08. The van der Waals surface area contributed by atoms with Crippen LogP contribution in [0.5, 0.6) is 5.75 Å². The van der Waals surface area contributed by atoms with Gasteiger partial charge in [0.05, 0.1) is 11.8 Å². The van der Waals surface area contributed by atoms with Gasteiger partial charge in [0, 0.05) is 0 Å². The zero-order chi connectivity index (χ0) is 22.2. The fourth-order valence-electron chi connectivity index (χ4n) is 3.45. The highest BCUT2D eigenvalue weighted by molar-refractivity contribution is 5.91. The molecule has 0 saturated heterocycles. The molecule has 1 atom stereocenters. The van der Waals surface area contributed by atoms with Gasteiger partial charge < -0.3 is 14.8 Å². The molecule has 1 unspecified atom stereocenters. The Bertz CT molecular complexity index is 1000. The number of nitrogens with zero attached hydrogens (tertiary/aromatic N) is 1. The number of ether oxygens (including phenoxy) is 2. The Hall–Kier alpha value is -3.18. The molecule has 5 nitrogen and oxygen atoms in total. The van der Waals surface area contributed by atoms with E-state index in [1.807, 2.05) is 88.4 Å². The number of nitrogens with one attached hydrogen (secondary N) is 1. The molecule has 1 N–H and O–H groups in total. The van der Waals surface area contributed by atoms with Crippen molar-refractivity contribution in [2.75, 3.05) is 11.9 Å². The topological polar surface area (TPSA) is 60.5 Å². The second kappa shape index (κ2) is 10.7. The van der Waals surface area contributed by atoms with E-state index in [9.17, 15) is 4.79 Å². The second-order valence-corrected chi connectivity index (χ2v) is 7.57. The Morgan fingerprint density at radius 2 is 1.61 bits per heavy atom. The lowest BCUT2D eigenvalue weighted by molar-refractivity contribution is -0.122. The molecule has 0 saturated carbocycles. The third-order valence-electron chi connectivity index (χ3n) is 5.31. The summed E-state index contributed by atoms with van der Waals surface area (Å²) in [6.07, 6.45) is 0.679. The van der Waals surface area contributed by atoms with Gasteiger partial charge in [0.15, 0.2) is 0 Å². The Kier molecular flexibility index (Phi) is 7.79. The standard InChI is InChI=1S/C26H30N2O3/c1-5-23(22-14-10-7-11-15-22)30-17-24(29)28-26-19(3)18(2)25(20(4)27-26)31-16-21-12-8-6-9-13-21/h6-15,23H,5,16-17H2,1-4H3,(H,27,28,29). The molecule has 0 aliphatic carbocycles. The summed E-state index contributed by atoms with van der Waals surface area (Å²) in [6, 6.07) is 20.0. The lowest BCUT2D eigenvalue weighted by Gasteiger charge is -2.18. The number of carbonyl (C=O) groups is 1. The number of benzene rings is 2. The van der Waals surface area contributed by atoms with Crippen molar-refractivity contribution in [3.63, 3.8) is 0 Å². The van der Waals surface area contributed by atoms with Gasteiger partial charge in [0.1, 0.15) is 24.8 Å². The minimum atomic E-state index is -0.221. The monoisotopic (exact) mass is 418 g/mol. The molecule has 0 bridgehead atoms. The van der Waals surface area contributed by atoms with Crippen molar-refractivity contribution in [3.05, 3.63) is 88.6 Å². The van der Waals surface area contributed by atoms with Crippen LogP contribution in [-0.4, -0.2) is 17.5 Å². The minimum absolute atomic E-state index is 0.0289. The van der Waals surface area contributed by atoms with Crippen LogP contribution >= 0.6 is 0 Å². The van der Waals surface area contributed by atoms with Crippen LogP contribution in [0.3, 0.4) is 0 Å². The zero-order valence-electron chi connectivity index (χ0n) is 18.6. The van der Waals surface area contributed by atoms with Gasteiger partial charge in [0.25, 0.3) is 5.91 Å².